The van der Waals surface area contributed by atoms with Crippen LogP contribution in [0.2, 0.25) is 0 Å². The van der Waals surface area contributed by atoms with Crippen molar-refractivity contribution < 1.29 is 14.3 Å². The van der Waals surface area contributed by atoms with E-state index in [2.05, 4.69) is 32.9 Å². The number of methoxy groups -OCH3 is 1. The maximum atomic E-state index is 12.9. The number of rotatable bonds is 8. The van der Waals surface area contributed by atoms with Crippen LogP contribution < -0.4 is 10.6 Å². The van der Waals surface area contributed by atoms with Crippen molar-refractivity contribution in [3.05, 3.63) is 89.0 Å². The molecule has 2 aromatic heterocycles. The van der Waals surface area contributed by atoms with Crippen molar-refractivity contribution >= 4 is 23.3 Å². The van der Waals surface area contributed by atoms with E-state index in [4.69, 9.17) is 9.84 Å². The second-order valence-electron chi connectivity index (χ2n) is 8.06. The molecule has 3 heterocycles. The number of nitrogens with zero attached hydrogens (tertiary/aromatic N) is 5. The van der Waals surface area contributed by atoms with E-state index in [9.17, 15) is 9.59 Å². The second kappa shape index (κ2) is 15.8. The number of ether oxygens (including phenoxy) is 1. The topological polar surface area (TPSA) is 114 Å². The number of anilines is 1. The Hall–Kier alpha value is -4.31. The number of aryl methyl sites for hydroxylation is 1. The third-order valence-corrected chi connectivity index (χ3v) is 5.32. The first-order chi connectivity index (χ1) is 19.0. The maximum Gasteiger partial charge on any atom is 0.360 e. The van der Waals surface area contributed by atoms with E-state index in [0.29, 0.717) is 24.3 Å². The molecule has 0 saturated carbocycles. The number of hydrazone groups is 1. The summed E-state index contributed by atoms with van der Waals surface area (Å²) in [4.78, 5) is 29.2. The number of carbonyl (C=O) groups is 2. The van der Waals surface area contributed by atoms with Gasteiger partial charge < -0.3 is 15.4 Å². The van der Waals surface area contributed by atoms with Gasteiger partial charge in [0.15, 0.2) is 5.69 Å². The van der Waals surface area contributed by atoms with Crippen LogP contribution in [0.15, 0.2) is 66.2 Å². The summed E-state index contributed by atoms with van der Waals surface area (Å²) in [5.41, 5.74) is 4.60. The predicted molar refractivity (Wildman–Crippen MR) is 155 cm³/mol. The Morgan fingerprint density at radius 3 is 2.56 bits per heavy atom. The van der Waals surface area contributed by atoms with Crippen molar-refractivity contribution in [1.82, 2.24) is 25.1 Å². The highest BCUT2D eigenvalue weighted by Crippen LogP contribution is 2.18. The number of esters is 1. The number of benzene rings is 1. The minimum Gasteiger partial charge on any atom is -0.464 e. The Bertz CT molecular complexity index is 1300. The Morgan fingerprint density at radius 1 is 1.08 bits per heavy atom. The monoisotopic (exact) mass is 533 g/mol. The molecule has 0 aliphatic carbocycles. The summed E-state index contributed by atoms with van der Waals surface area (Å²) in [6.07, 6.45) is 9.25. The standard InChI is InChI=1S/C25H27N7O3.2C2H6/c1-26-12-18-11-20(14-27-13-18)21-8-5-9-32(29-21)15-17-6-4-7-19(10-17)24(33)28-22-16-31(2)30-23(22)25(34)35-3;2*1-2/h4-8,10-11,13-14,16,26H,9,12,15H2,1-3H3,(H,28,33);2*1-2H3. The van der Waals surface area contributed by atoms with Crippen LogP contribution in [0.25, 0.3) is 0 Å². The zero-order valence-electron chi connectivity index (χ0n) is 23.9. The van der Waals surface area contributed by atoms with E-state index >= 15 is 0 Å². The van der Waals surface area contributed by atoms with Crippen molar-refractivity contribution in [3.8, 4) is 0 Å². The lowest BCUT2D eigenvalue weighted by Gasteiger charge is -2.22. The summed E-state index contributed by atoms with van der Waals surface area (Å²) in [7, 11) is 4.83. The van der Waals surface area contributed by atoms with Gasteiger partial charge in [0.05, 0.1) is 31.6 Å². The molecule has 0 fully saturated rings. The molecule has 1 aromatic carbocycles. The van der Waals surface area contributed by atoms with E-state index in [1.165, 1.54) is 11.8 Å². The first-order valence-corrected chi connectivity index (χ1v) is 13.1. The molecule has 0 saturated heterocycles. The summed E-state index contributed by atoms with van der Waals surface area (Å²) < 4.78 is 6.19. The highest BCUT2D eigenvalue weighted by molar-refractivity contribution is 6.09. The van der Waals surface area contributed by atoms with Gasteiger partial charge in [-0.25, -0.2) is 4.79 Å². The molecule has 0 spiro atoms. The van der Waals surface area contributed by atoms with Crippen LogP contribution >= 0.6 is 0 Å². The molecule has 1 amide bonds. The Kier molecular flexibility index (Phi) is 12.5. The number of allylic oxidation sites excluding steroid dienone is 1. The fourth-order valence-electron chi connectivity index (χ4n) is 3.74. The first kappa shape index (κ1) is 30.9. The number of carbonyl (C=O) groups excluding carboxylic acids is 2. The van der Waals surface area contributed by atoms with E-state index in [1.54, 1.807) is 25.5 Å². The lowest BCUT2D eigenvalue weighted by Crippen LogP contribution is -2.23. The summed E-state index contributed by atoms with van der Waals surface area (Å²) >= 11 is 0. The average Bonchev–Trinajstić information content (AvgIpc) is 3.35. The maximum absolute atomic E-state index is 12.9. The van der Waals surface area contributed by atoms with E-state index in [0.717, 1.165) is 28.9 Å². The molecule has 10 heteroatoms. The van der Waals surface area contributed by atoms with E-state index < -0.39 is 5.97 Å². The molecule has 39 heavy (non-hydrogen) atoms. The Labute approximate surface area is 230 Å². The highest BCUT2D eigenvalue weighted by Gasteiger charge is 2.19. The fourth-order valence-corrected chi connectivity index (χ4v) is 3.74. The van der Waals surface area contributed by atoms with Gasteiger partial charge >= 0.3 is 5.97 Å². The van der Waals surface area contributed by atoms with Gasteiger partial charge in [0.1, 0.15) is 0 Å². The number of aromatic nitrogens is 3. The molecule has 3 aromatic rings. The fraction of sp³-hybridized carbons (Fsp3) is 0.345. The van der Waals surface area contributed by atoms with Crippen molar-refractivity contribution in [2.45, 2.75) is 40.8 Å². The minimum atomic E-state index is -0.617. The largest absolute Gasteiger partial charge is 0.464 e. The van der Waals surface area contributed by atoms with Crippen LogP contribution in [0.4, 0.5) is 5.69 Å². The van der Waals surface area contributed by atoms with Gasteiger partial charge in [0.2, 0.25) is 0 Å². The van der Waals surface area contributed by atoms with Gasteiger partial charge in [0.25, 0.3) is 5.91 Å². The average molecular weight is 534 g/mol. The van der Waals surface area contributed by atoms with Crippen LogP contribution in [0.1, 0.15) is 65.2 Å². The molecule has 0 bridgehead atoms. The van der Waals surface area contributed by atoms with Crippen LogP contribution in [0.3, 0.4) is 0 Å². The van der Waals surface area contributed by atoms with Crippen molar-refractivity contribution in [2.75, 3.05) is 26.0 Å². The number of amides is 1. The number of hydrogen-bond donors (Lipinski definition) is 2. The molecule has 0 unspecified atom stereocenters. The molecule has 4 rings (SSSR count). The smallest absolute Gasteiger partial charge is 0.360 e. The molecule has 1 aliphatic rings. The van der Waals surface area contributed by atoms with E-state index in [1.807, 2.05) is 70.2 Å². The molecular formula is C29H39N7O3. The normalized spacial score (nSPS) is 11.9. The van der Waals surface area contributed by atoms with Gasteiger partial charge in [-0.05, 0) is 42.4 Å². The van der Waals surface area contributed by atoms with Crippen molar-refractivity contribution in [3.63, 3.8) is 0 Å². The molecule has 2 N–H and O–H groups in total. The third-order valence-electron chi connectivity index (χ3n) is 5.32. The summed E-state index contributed by atoms with van der Waals surface area (Å²) in [6.45, 7) is 9.91. The van der Waals surface area contributed by atoms with Gasteiger partial charge in [-0.1, -0.05) is 45.9 Å². The number of pyridine rings is 1. The zero-order valence-corrected chi connectivity index (χ0v) is 23.9. The van der Waals surface area contributed by atoms with Crippen LogP contribution in [-0.4, -0.2) is 58.1 Å². The Morgan fingerprint density at radius 2 is 1.85 bits per heavy atom. The van der Waals surface area contributed by atoms with Crippen LogP contribution in [-0.2, 0) is 24.9 Å². The van der Waals surface area contributed by atoms with Crippen LogP contribution in [0.5, 0.6) is 0 Å². The molecule has 208 valence electrons. The highest BCUT2D eigenvalue weighted by atomic mass is 16.5. The second-order valence-corrected chi connectivity index (χ2v) is 8.06. The SMILES string of the molecule is CC.CC.CNCc1cncc(C2=NN(Cc3cccc(C(=O)Nc4cn(C)nc4C(=O)OC)c3)CC=C2)c1. The van der Waals surface area contributed by atoms with E-state index in [-0.39, 0.29) is 11.6 Å². The quantitative estimate of drug-likeness (QED) is 0.413. The summed E-state index contributed by atoms with van der Waals surface area (Å²) in [6, 6.07) is 9.37. The lowest BCUT2D eigenvalue weighted by molar-refractivity contribution is 0.0594. The van der Waals surface area contributed by atoms with Gasteiger partial charge in [-0.3, -0.25) is 19.5 Å². The minimum absolute atomic E-state index is 0.0507. The molecular weight excluding hydrogens is 494 g/mol. The van der Waals surface area contributed by atoms with Crippen molar-refractivity contribution in [1.29, 1.82) is 0 Å². The van der Waals surface area contributed by atoms with Gasteiger partial charge in [-0.2, -0.15) is 10.2 Å². The number of nitrogens with one attached hydrogen (secondary N) is 2. The summed E-state index contributed by atoms with van der Waals surface area (Å²) in [5.74, 6) is -0.965. The summed E-state index contributed by atoms with van der Waals surface area (Å²) in [5, 5.41) is 16.7. The van der Waals surface area contributed by atoms with Gasteiger partial charge in [-0.15, -0.1) is 0 Å². The zero-order chi connectivity index (χ0) is 28.8. The van der Waals surface area contributed by atoms with Crippen molar-refractivity contribution in [2.24, 2.45) is 12.1 Å². The first-order valence-electron chi connectivity index (χ1n) is 13.1. The van der Waals surface area contributed by atoms with Crippen LogP contribution in [0, 0.1) is 0 Å². The predicted octanol–water partition coefficient (Wildman–Crippen LogP) is 4.40. The molecule has 1 aliphatic heterocycles. The van der Waals surface area contributed by atoms with Gasteiger partial charge in [0, 0.05) is 43.3 Å². The molecule has 0 atom stereocenters. The lowest BCUT2D eigenvalue weighted by atomic mass is 10.1. The number of hydrogen-bond acceptors (Lipinski definition) is 8. The Balaban J connectivity index is 0.00000127. The molecule has 10 nitrogen and oxygen atoms in total. The third kappa shape index (κ3) is 8.61. The molecule has 0 radical (unpaired) electrons.